The summed E-state index contributed by atoms with van der Waals surface area (Å²) < 4.78 is 0. The average molecular weight is 459 g/mol. The van der Waals surface area contributed by atoms with Crippen molar-refractivity contribution in [2.75, 3.05) is 0 Å². The molecule has 0 fully saturated rings. The highest BCUT2D eigenvalue weighted by Crippen LogP contribution is 2.41. The number of rotatable bonds is 7. The average Bonchev–Trinajstić information content (AvgIpc) is 2.84. The Labute approximate surface area is 197 Å². The van der Waals surface area contributed by atoms with E-state index in [4.69, 9.17) is 23.2 Å². The molecule has 2 nitrogen and oxygen atoms in total. The van der Waals surface area contributed by atoms with Crippen molar-refractivity contribution in [1.82, 2.24) is 0 Å². The monoisotopic (exact) mass is 458 g/mol. The molecule has 0 saturated carbocycles. The second-order valence-corrected chi connectivity index (χ2v) is 8.45. The fourth-order valence-electron chi connectivity index (χ4n) is 3.98. The minimum absolute atomic E-state index is 0.0337. The molecule has 0 heterocycles. The van der Waals surface area contributed by atoms with Crippen molar-refractivity contribution in [2.24, 2.45) is 0 Å². The lowest BCUT2D eigenvalue weighted by molar-refractivity contribution is 0.0843. The molecule has 0 unspecified atom stereocenters. The van der Waals surface area contributed by atoms with E-state index in [1.807, 2.05) is 60.7 Å². The number of halogens is 2. The van der Waals surface area contributed by atoms with Gasteiger partial charge in [-0.15, -0.1) is 0 Å². The number of carbonyl (C=O) groups is 2. The standard InChI is InChI=1S/C28H20Cl2O2/c29-24-15-11-22(12-16-24)28(23-13-17-25(30)18-14-23,27(32)21-9-5-2-6-10-21)19-26(31)20-7-3-1-4-8-20/h1-18H,19H2. The van der Waals surface area contributed by atoms with E-state index in [9.17, 15) is 9.59 Å². The second-order valence-electron chi connectivity index (χ2n) is 7.58. The van der Waals surface area contributed by atoms with E-state index in [-0.39, 0.29) is 18.0 Å². The highest BCUT2D eigenvalue weighted by Gasteiger charge is 2.44. The number of Topliss-reactive ketones (excluding diaryl/α,β-unsaturated/α-hetero) is 2. The summed E-state index contributed by atoms with van der Waals surface area (Å²) >= 11 is 12.3. The Balaban J connectivity index is 1.96. The van der Waals surface area contributed by atoms with Gasteiger partial charge in [0.25, 0.3) is 0 Å². The third-order valence-corrected chi connectivity index (χ3v) is 6.12. The van der Waals surface area contributed by atoms with Gasteiger partial charge >= 0.3 is 0 Å². The van der Waals surface area contributed by atoms with Crippen LogP contribution in [0.25, 0.3) is 0 Å². The van der Waals surface area contributed by atoms with E-state index >= 15 is 0 Å². The fraction of sp³-hybridized carbons (Fsp3) is 0.0714. The zero-order chi connectivity index (χ0) is 22.6. The van der Waals surface area contributed by atoms with Gasteiger partial charge in [0.2, 0.25) is 0 Å². The first-order valence-electron chi connectivity index (χ1n) is 10.2. The molecule has 4 aromatic carbocycles. The van der Waals surface area contributed by atoms with Gasteiger partial charge in [-0.05, 0) is 35.4 Å². The molecular weight excluding hydrogens is 439 g/mol. The Hall–Kier alpha value is -3.20. The SMILES string of the molecule is O=C(CC(C(=O)c1ccccc1)(c1ccc(Cl)cc1)c1ccc(Cl)cc1)c1ccccc1. The van der Waals surface area contributed by atoms with Gasteiger partial charge in [0.15, 0.2) is 11.6 Å². The molecule has 0 spiro atoms. The summed E-state index contributed by atoms with van der Waals surface area (Å²) in [6.45, 7) is 0. The lowest BCUT2D eigenvalue weighted by atomic mass is 9.66. The molecule has 0 bridgehead atoms. The summed E-state index contributed by atoms with van der Waals surface area (Å²) in [6, 6.07) is 32.3. The quantitative estimate of drug-likeness (QED) is 0.269. The molecule has 0 aliphatic heterocycles. The Morgan fingerprint density at radius 3 is 1.41 bits per heavy atom. The van der Waals surface area contributed by atoms with Crippen LogP contribution in [0.2, 0.25) is 10.0 Å². The highest BCUT2D eigenvalue weighted by atomic mass is 35.5. The Morgan fingerprint density at radius 1 is 0.562 bits per heavy atom. The lowest BCUT2D eigenvalue weighted by Gasteiger charge is -2.33. The van der Waals surface area contributed by atoms with Crippen LogP contribution in [0.4, 0.5) is 0 Å². The third kappa shape index (κ3) is 4.38. The smallest absolute Gasteiger partial charge is 0.178 e. The molecule has 0 aliphatic carbocycles. The van der Waals surface area contributed by atoms with Crippen molar-refractivity contribution in [3.8, 4) is 0 Å². The fourth-order valence-corrected chi connectivity index (χ4v) is 4.24. The second kappa shape index (κ2) is 9.52. The molecule has 0 amide bonds. The first-order chi connectivity index (χ1) is 15.5. The largest absolute Gasteiger partial charge is 0.294 e. The van der Waals surface area contributed by atoms with Crippen molar-refractivity contribution < 1.29 is 9.59 Å². The van der Waals surface area contributed by atoms with Crippen LogP contribution in [-0.4, -0.2) is 11.6 Å². The molecule has 4 heteroatoms. The normalized spacial score (nSPS) is 11.2. The minimum Gasteiger partial charge on any atom is -0.294 e. The van der Waals surface area contributed by atoms with Gasteiger partial charge in [-0.2, -0.15) is 0 Å². The zero-order valence-electron chi connectivity index (χ0n) is 17.2. The van der Waals surface area contributed by atoms with Crippen molar-refractivity contribution in [3.05, 3.63) is 141 Å². The van der Waals surface area contributed by atoms with E-state index in [0.29, 0.717) is 32.3 Å². The van der Waals surface area contributed by atoms with Crippen molar-refractivity contribution >= 4 is 34.8 Å². The van der Waals surface area contributed by atoms with E-state index in [2.05, 4.69) is 0 Å². The summed E-state index contributed by atoms with van der Waals surface area (Å²) in [5, 5.41) is 1.11. The maximum Gasteiger partial charge on any atom is 0.178 e. The minimum atomic E-state index is -1.25. The summed E-state index contributed by atoms with van der Waals surface area (Å²) in [6.07, 6.45) is -0.0337. The van der Waals surface area contributed by atoms with Crippen LogP contribution >= 0.6 is 23.2 Å². The molecule has 0 aromatic heterocycles. The molecule has 4 rings (SSSR count). The number of ketones is 2. The van der Waals surface area contributed by atoms with Crippen LogP contribution in [0, 0.1) is 0 Å². The topological polar surface area (TPSA) is 34.1 Å². The van der Waals surface area contributed by atoms with Crippen LogP contribution < -0.4 is 0 Å². The maximum absolute atomic E-state index is 14.2. The Kier molecular flexibility index (Phi) is 6.55. The van der Waals surface area contributed by atoms with Gasteiger partial charge in [0, 0.05) is 27.6 Å². The predicted molar refractivity (Wildman–Crippen MR) is 130 cm³/mol. The number of hydrogen-bond donors (Lipinski definition) is 0. The lowest BCUT2D eigenvalue weighted by Crippen LogP contribution is -2.39. The van der Waals surface area contributed by atoms with Gasteiger partial charge < -0.3 is 0 Å². The van der Waals surface area contributed by atoms with Gasteiger partial charge in [-0.25, -0.2) is 0 Å². The number of carbonyl (C=O) groups excluding carboxylic acids is 2. The van der Waals surface area contributed by atoms with Crippen molar-refractivity contribution in [3.63, 3.8) is 0 Å². The van der Waals surface area contributed by atoms with E-state index in [1.165, 1.54) is 0 Å². The Morgan fingerprint density at radius 2 is 0.969 bits per heavy atom. The molecule has 4 aromatic rings. The molecule has 0 aliphatic rings. The van der Waals surface area contributed by atoms with Crippen LogP contribution in [0.15, 0.2) is 109 Å². The summed E-state index contributed by atoms with van der Waals surface area (Å²) in [5.41, 5.74) is 1.23. The Bertz CT molecular complexity index is 1170. The van der Waals surface area contributed by atoms with Gasteiger partial charge in [0.05, 0.1) is 5.41 Å². The summed E-state index contributed by atoms with van der Waals surface area (Å²) in [4.78, 5) is 27.7. The van der Waals surface area contributed by atoms with Crippen LogP contribution in [0.3, 0.4) is 0 Å². The highest BCUT2D eigenvalue weighted by molar-refractivity contribution is 6.31. The van der Waals surface area contributed by atoms with Crippen molar-refractivity contribution in [1.29, 1.82) is 0 Å². The molecule has 0 radical (unpaired) electrons. The van der Waals surface area contributed by atoms with E-state index in [1.54, 1.807) is 48.5 Å². The molecule has 0 atom stereocenters. The van der Waals surface area contributed by atoms with E-state index in [0.717, 1.165) is 0 Å². The maximum atomic E-state index is 14.2. The first-order valence-corrected chi connectivity index (χ1v) is 11.0. The van der Waals surface area contributed by atoms with Gasteiger partial charge in [-0.3, -0.25) is 9.59 Å². The summed E-state index contributed by atoms with van der Waals surface area (Å²) in [7, 11) is 0. The first kappa shape index (κ1) is 22.0. The zero-order valence-corrected chi connectivity index (χ0v) is 18.7. The van der Waals surface area contributed by atoms with Crippen LogP contribution in [0.5, 0.6) is 0 Å². The van der Waals surface area contributed by atoms with Crippen LogP contribution in [0.1, 0.15) is 38.3 Å². The number of benzene rings is 4. The predicted octanol–water partition coefficient (Wildman–Crippen LogP) is 7.44. The number of hydrogen-bond acceptors (Lipinski definition) is 2. The molecule has 158 valence electrons. The third-order valence-electron chi connectivity index (χ3n) is 5.62. The van der Waals surface area contributed by atoms with Crippen molar-refractivity contribution in [2.45, 2.75) is 11.8 Å². The van der Waals surface area contributed by atoms with Gasteiger partial charge in [0.1, 0.15) is 0 Å². The molecule has 32 heavy (non-hydrogen) atoms. The summed E-state index contributed by atoms with van der Waals surface area (Å²) in [5.74, 6) is -0.285. The van der Waals surface area contributed by atoms with Crippen LogP contribution in [-0.2, 0) is 5.41 Å². The van der Waals surface area contributed by atoms with Gasteiger partial charge in [-0.1, -0.05) is 108 Å². The molecular formula is C28H20Cl2O2. The molecule has 0 saturated heterocycles. The molecule has 0 N–H and O–H groups in total. The van der Waals surface area contributed by atoms with E-state index < -0.39 is 5.41 Å².